The van der Waals surface area contributed by atoms with Gasteiger partial charge in [-0.2, -0.15) is 0 Å². The number of hydrogen-bond acceptors (Lipinski definition) is 3. The zero-order valence-corrected chi connectivity index (χ0v) is 16.3. The molecule has 0 saturated carbocycles. The quantitative estimate of drug-likeness (QED) is 0.708. The van der Waals surface area contributed by atoms with Crippen LogP contribution in [0.15, 0.2) is 48.0 Å². The molecule has 4 heterocycles. The van der Waals surface area contributed by atoms with Crippen LogP contribution in [0, 0.1) is 23.5 Å². The van der Waals surface area contributed by atoms with Gasteiger partial charge in [-0.15, -0.1) is 0 Å². The number of nitrogens with zero attached hydrogens (tertiary/aromatic N) is 1. The van der Waals surface area contributed by atoms with Crippen LogP contribution in [0.2, 0.25) is 0 Å². The maximum absolute atomic E-state index is 13.5. The molecule has 2 aromatic carbocycles. The van der Waals surface area contributed by atoms with Gasteiger partial charge in [0.15, 0.2) is 0 Å². The van der Waals surface area contributed by atoms with Gasteiger partial charge in [0.25, 0.3) is 0 Å². The van der Waals surface area contributed by atoms with Crippen molar-refractivity contribution in [3.05, 3.63) is 65.2 Å². The van der Waals surface area contributed by atoms with Crippen LogP contribution >= 0.6 is 0 Å². The third kappa shape index (κ3) is 3.18. The first-order chi connectivity index (χ1) is 14.0. The van der Waals surface area contributed by atoms with E-state index in [1.807, 2.05) is 24.3 Å². The minimum absolute atomic E-state index is 0.0757. The summed E-state index contributed by atoms with van der Waals surface area (Å²) < 4.78 is 32.1. The van der Waals surface area contributed by atoms with E-state index in [0.717, 1.165) is 36.6 Å². The normalized spacial score (nSPS) is 31.3. The molecule has 5 heteroatoms. The minimum atomic E-state index is -0.582. The Morgan fingerprint density at radius 1 is 1.07 bits per heavy atom. The van der Waals surface area contributed by atoms with E-state index in [0.29, 0.717) is 17.6 Å². The van der Waals surface area contributed by atoms with Crippen molar-refractivity contribution in [2.24, 2.45) is 11.8 Å². The van der Waals surface area contributed by atoms with E-state index in [2.05, 4.69) is 11.0 Å². The third-order valence-corrected chi connectivity index (χ3v) is 6.84. The number of carbonyl (C=O) groups excluding carboxylic acids is 1. The largest absolute Gasteiger partial charge is 0.469 e. The van der Waals surface area contributed by atoms with E-state index in [1.165, 1.54) is 31.2 Å². The van der Waals surface area contributed by atoms with Crippen molar-refractivity contribution in [1.29, 1.82) is 0 Å². The van der Waals surface area contributed by atoms with Crippen molar-refractivity contribution in [3.8, 4) is 11.1 Å². The number of hydrogen-bond donors (Lipinski definition) is 0. The molecule has 2 aromatic rings. The number of methoxy groups -OCH3 is 1. The number of carbonyl (C=O) groups is 1. The van der Waals surface area contributed by atoms with Crippen molar-refractivity contribution in [3.63, 3.8) is 0 Å². The van der Waals surface area contributed by atoms with Crippen molar-refractivity contribution < 1.29 is 18.3 Å². The van der Waals surface area contributed by atoms with E-state index in [1.54, 1.807) is 0 Å². The van der Waals surface area contributed by atoms with E-state index < -0.39 is 11.6 Å². The molecule has 4 aliphatic heterocycles. The topological polar surface area (TPSA) is 29.5 Å². The van der Waals surface area contributed by atoms with Gasteiger partial charge in [0.2, 0.25) is 0 Å². The molecule has 0 amide bonds. The van der Waals surface area contributed by atoms with E-state index in [4.69, 9.17) is 4.74 Å². The second-order valence-corrected chi connectivity index (χ2v) is 8.36. The average molecular weight is 395 g/mol. The molecule has 0 aliphatic carbocycles. The van der Waals surface area contributed by atoms with Crippen molar-refractivity contribution in [1.82, 2.24) is 4.90 Å². The maximum atomic E-state index is 13.5. The van der Waals surface area contributed by atoms with Gasteiger partial charge in [-0.1, -0.05) is 35.9 Å². The van der Waals surface area contributed by atoms with Crippen LogP contribution in [0.25, 0.3) is 17.2 Å². The van der Waals surface area contributed by atoms with E-state index >= 15 is 0 Å². The minimum Gasteiger partial charge on any atom is -0.469 e. The summed E-state index contributed by atoms with van der Waals surface area (Å²) in [5, 5.41) is 0. The zero-order valence-electron chi connectivity index (χ0n) is 16.3. The fourth-order valence-corrected chi connectivity index (χ4v) is 5.59. The molecule has 0 spiro atoms. The molecule has 4 bridgehead atoms. The lowest BCUT2D eigenvalue weighted by molar-refractivity contribution is -0.153. The predicted octanol–water partition coefficient (Wildman–Crippen LogP) is 4.67. The molecule has 0 N–H and O–H groups in total. The molecule has 4 fully saturated rings. The molecule has 3 nitrogen and oxygen atoms in total. The molecule has 0 radical (unpaired) electrons. The average Bonchev–Trinajstić information content (AvgIpc) is 3.02. The summed E-state index contributed by atoms with van der Waals surface area (Å²) in [4.78, 5) is 14.9. The van der Waals surface area contributed by atoms with Gasteiger partial charge >= 0.3 is 5.97 Å². The second kappa shape index (κ2) is 7.06. The second-order valence-electron chi connectivity index (χ2n) is 8.36. The Kier molecular flexibility index (Phi) is 4.50. The highest BCUT2D eigenvalue weighted by Gasteiger charge is 2.55. The number of piperidine rings is 3. The number of benzene rings is 2. The lowest BCUT2D eigenvalue weighted by atomic mass is 9.71. The van der Waals surface area contributed by atoms with Crippen LogP contribution in [0.1, 0.15) is 24.8 Å². The van der Waals surface area contributed by atoms with Crippen LogP contribution in [0.4, 0.5) is 8.78 Å². The summed E-state index contributed by atoms with van der Waals surface area (Å²) >= 11 is 0. The van der Waals surface area contributed by atoms with Crippen molar-refractivity contribution >= 4 is 12.0 Å². The number of esters is 1. The van der Waals surface area contributed by atoms with Gasteiger partial charge < -0.3 is 4.74 Å². The van der Waals surface area contributed by atoms with Crippen LogP contribution in [-0.4, -0.2) is 36.6 Å². The smallest absolute Gasteiger partial charge is 0.310 e. The Hall–Kier alpha value is -2.53. The van der Waals surface area contributed by atoms with E-state index in [-0.39, 0.29) is 17.8 Å². The molecule has 150 valence electrons. The van der Waals surface area contributed by atoms with E-state index in [9.17, 15) is 13.6 Å². The van der Waals surface area contributed by atoms with Gasteiger partial charge in [0.1, 0.15) is 11.6 Å². The molecule has 29 heavy (non-hydrogen) atoms. The van der Waals surface area contributed by atoms with Crippen LogP contribution in [0.3, 0.4) is 0 Å². The summed E-state index contributed by atoms with van der Waals surface area (Å²) in [6.45, 7) is 0.907. The van der Waals surface area contributed by atoms with Crippen molar-refractivity contribution in [2.75, 3.05) is 13.7 Å². The maximum Gasteiger partial charge on any atom is 0.310 e. The number of halogens is 2. The molecule has 0 aromatic heterocycles. The summed E-state index contributed by atoms with van der Waals surface area (Å²) in [6, 6.07) is 12.1. The first-order valence-corrected chi connectivity index (χ1v) is 10.1. The Labute approximate surface area is 169 Å². The van der Waals surface area contributed by atoms with Crippen LogP contribution < -0.4 is 0 Å². The fraction of sp³-hybridized carbons (Fsp3) is 0.375. The summed E-state index contributed by atoms with van der Waals surface area (Å²) in [7, 11) is 1.48. The molecule has 3 unspecified atom stereocenters. The van der Waals surface area contributed by atoms with Gasteiger partial charge in [0.05, 0.1) is 13.0 Å². The standard InChI is InChI=1S/C24H23F2NO2/c1-29-24(28)23-21-12-20-6-7-22(23)27(20)13-17(21)8-14-2-4-15(5-3-14)16-9-18(25)11-19(26)10-16/h2-5,8-11,20-23H,6-7,12-13H2,1H3/b17-8+/t20-,21-,22?,23?/m1/s1. The first-order valence-electron chi connectivity index (χ1n) is 10.1. The number of fused-ring (bicyclic) bond motifs is 1. The highest BCUT2D eigenvalue weighted by atomic mass is 19.1. The fourth-order valence-electron chi connectivity index (χ4n) is 5.59. The molecule has 4 aliphatic rings. The summed E-state index contributed by atoms with van der Waals surface area (Å²) in [6.07, 6.45) is 5.43. The Bertz CT molecular complexity index is 965. The van der Waals surface area contributed by atoms with Gasteiger partial charge in [0, 0.05) is 24.7 Å². The number of rotatable bonds is 3. The number of ether oxygens (including phenoxy) is 1. The zero-order chi connectivity index (χ0) is 20.1. The SMILES string of the molecule is COC(=O)C1C2CC[C@@H]3C[C@@H]1/C(=C/c1ccc(-c4cc(F)cc(F)c4)cc1)CN23. The third-order valence-electron chi connectivity index (χ3n) is 6.84. The summed E-state index contributed by atoms with van der Waals surface area (Å²) in [5.74, 6) is -1.10. The van der Waals surface area contributed by atoms with Gasteiger partial charge in [-0.3, -0.25) is 9.69 Å². The Morgan fingerprint density at radius 2 is 1.79 bits per heavy atom. The predicted molar refractivity (Wildman–Crippen MR) is 107 cm³/mol. The Balaban J connectivity index is 1.43. The molecular weight excluding hydrogens is 372 g/mol. The van der Waals surface area contributed by atoms with Gasteiger partial charge in [-0.25, -0.2) is 8.78 Å². The lowest BCUT2D eigenvalue weighted by Gasteiger charge is -2.50. The molecule has 6 rings (SSSR count). The summed E-state index contributed by atoms with van der Waals surface area (Å²) in [5.41, 5.74) is 3.60. The van der Waals surface area contributed by atoms with Crippen molar-refractivity contribution in [2.45, 2.75) is 31.3 Å². The monoisotopic (exact) mass is 395 g/mol. The highest BCUT2D eigenvalue weighted by molar-refractivity contribution is 5.76. The first kappa shape index (κ1) is 18.5. The lowest BCUT2D eigenvalue weighted by Crippen LogP contribution is -2.58. The van der Waals surface area contributed by atoms with Gasteiger partial charge in [-0.05, 0) is 54.0 Å². The highest BCUT2D eigenvalue weighted by Crippen LogP contribution is 2.50. The molecule has 5 atom stereocenters. The molecule has 4 saturated heterocycles. The molecular formula is C24H23F2NO2. The Morgan fingerprint density at radius 3 is 2.48 bits per heavy atom. The van der Waals surface area contributed by atoms with Crippen LogP contribution in [-0.2, 0) is 9.53 Å². The van der Waals surface area contributed by atoms with Crippen LogP contribution in [0.5, 0.6) is 0 Å².